The molecule has 0 atom stereocenters. The van der Waals surface area contributed by atoms with E-state index < -0.39 is 11.7 Å². The van der Waals surface area contributed by atoms with Crippen LogP contribution in [0, 0.1) is 5.41 Å². The highest BCUT2D eigenvalue weighted by Gasteiger charge is 2.39. The second-order valence-corrected chi connectivity index (χ2v) is 6.57. The number of ketones is 1. The second kappa shape index (κ2) is 4.78. The van der Waals surface area contributed by atoms with E-state index in [-0.39, 0.29) is 5.41 Å². The highest BCUT2D eigenvalue weighted by molar-refractivity contribution is 9.10. The van der Waals surface area contributed by atoms with Crippen LogP contribution in [-0.2, 0) is 4.79 Å². The van der Waals surface area contributed by atoms with Gasteiger partial charge in [-0.2, -0.15) is 0 Å². The van der Waals surface area contributed by atoms with Gasteiger partial charge in [-0.25, -0.2) is 0 Å². The molecule has 1 heterocycles. The fraction of sp³-hybridized carbons (Fsp3) is 0.385. The highest BCUT2D eigenvalue weighted by Crippen LogP contribution is 2.37. The van der Waals surface area contributed by atoms with Crippen molar-refractivity contribution in [3.05, 3.63) is 28.2 Å². The van der Waals surface area contributed by atoms with Crippen LogP contribution in [0.3, 0.4) is 0 Å². The molecular weight excluding hydrogens is 362 g/mol. The molecule has 1 aromatic rings. The molecule has 0 radical (unpaired) electrons. The Morgan fingerprint density at radius 1 is 1.28 bits per heavy atom. The van der Waals surface area contributed by atoms with Gasteiger partial charge in [-0.15, -0.1) is 0 Å². The molecular formula is C13H13Br2NO2. The number of amides is 1. The standard InChI is InChI=1S/C13H13Br2NO2/c1-13(2,6-14)7-16-10-8(11(17)12(16)18)4-3-5-9(10)15/h3-5H,6-7H2,1-2H3. The van der Waals surface area contributed by atoms with Crippen molar-refractivity contribution in [3.63, 3.8) is 0 Å². The first kappa shape index (κ1) is 13.7. The minimum absolute atomic E-state index is 0.0904. The highest BCUT2D eigenvalue weighted by atomic mass is 79.9. The van der Waals surface area contributed by atoms with Crippen LogP contribution in [-0.4, -0.2) is 23.6 Å². The van der Waals surface area contributed by atoms with Crippen molar-refractivity contribution in [2.75, 3.05) is 16.8 Å². The summed E-state index contributed by atoms with van der Waals surface area (Å²) in [6.45, 7) is 4.61. The molecule has 0 aromatic heterocycles. The molecule has 3 nitrogen and oxygen atoms in total. The van der Waals surface area contributed by atoms with Crippen LogP contribution in [0.4, 0.5) is 5.69 Å². The lowest BCUT2D eigenvalue weighted by atomic mass is 9.96. The largest absolute Gasteiger partial charge is 0.303 e. The van der Waals surface area contributed by atoms with Gasteiger partial charge in [0, 0.05) is 16.3 Å². The summed E-state index contributed by atoms with van der Waals surface area (Å²) in [5, 5.41) is 0.762. The molecule has 0 aliphatic carbocycles. The summed E-state index contributed by atoms with van der Waals surface area (Å²) >= 11 is 6.85. The first-order valence-electron chi connectivity index (χ1n) is 5.58. The third-order valence-corrected chi connectivity index (χ3v) is 5.05. The van der Waals surface area contributed by atoms with Crippen molar-refractivity contribution in [1.82, 2.24) is 0 Å². The Bertz CT molecular complexity index is 526. The van der Waals surface area contributed by atoms with E-state index in [1.165, 1.54) is 0 Å². The number of Topliss-reactive ketones (excluding diaryl/α,β-unsaturated/α-hetero) is 1. The van der Waals surface area contributed by atoms with Gasteiger partial charge in [0.25, 0.3) is 11.7 Å². The van der Waals surface area contributed by atoms with E-state index >= 15 is 0 Å². The van der Waals surface area contributed by atoms with Gasteiger partial charge in [-0.3, -0.25) is 9.59 Å². The number of benzene rings is 1. The number of anilines is 1. The maximum Gasteiger partial charge on any atom is 0.299 e. The number of rotatable bonds is 3. The number of carbonyl (C=O) groups excluding carboxylic acids is 2. The summed E-state index contributed by atoms with van der Waals surface area (Å²) in [6.07, 6.45) is 0. The number of hydrogen-bond donors (Lipinski definition) is 0. The van der Waals surface area contributed by atoms with E-state index in [1.54, 1.807) is 17.0 Å². The zero-order valence-corrected chi connectivity index (χ0v) is 13.3. The molecule has 1 aromatic carbocycles. The van der Waals surface area contributed by atoms with Gasteiger partial charge in [0.2, 0.25) is 0 Å². The monoisotopic (exact) mass is 373 g/mol. The first-order valence-corrected chi connectivity index (χ1v) is 7.49. The predicted octanol–water partition coefficient (Wildman–Crippen LogP) is 3.40. The smallest absolute Gasteiger partial charge is 0.299 e. The van der Waals surface area contributed by atoms with Gasteiger partial charge in [-0.05, 0) is 33.5 Å². The van der Waals surface area contributed by atoms with E-state index in [0.717, 1.165) is 9.80 Å². The van der Waals surface area contributed by atoms with Crippen LogP contribution < -0.4 is 4.90 Å². The fourth-order valence-corrected chi connectivity index (χ4v) is 2.69. The van der Waals surface area contributed by atoms with E-state index in [4.69, 9.17) is 0 Å². The van der Waals surface area contributed by atoms with E-state index in [0.29, 0.717) is 17.8 Å². The molecule has 0 spiro atoms. The number of fused-ring (bicyclic) bond motifs is 1. The molecule has 0 saturated carbocycles. The van der Waals surface area contributed by atoms with Crippen LogP contribution in [0.15, 0.2) is 22.7 Å². The van der Waals surface area contributed by atoms with Crippen LogP contribution in [0.5, 0.6) is 0 Å². The minimum Gasteiger partial charge on any atom is -0.303 e. The molecule has 1 aliphatic heterocycles. The third-order valence-electron chi connectivity index (χ3n) is 2.89. The Hall–Kier alpha value is -0.680. The van der Waals surface area contributed by atoms with Crippen LogP contribution in [0.2, 0.25) is 0 Å². The normalized spacial score (nSPS) is 15.2. The molecule has 18 heavy (non-hydrogen) atoms. The number of nitrogens with zero attached hydrogens (tertiary/aromatic N) is 1. The zero-order chi connectivity index (χ0) is 13.5. The summed E-state index contributed by atoms with van der Waals surface area (Å²) in [5.41, 5.74) is 1.09. The fourth-order valence-electron chi connectivity index (χ4n) is 1.93. The van der Waals surface area contributed by atoms with Gasteiger partial charge in [-0.1, -0.05) is 35.8 Å². The summed E-state index contributed by atoms with van der Waals surface area (Å²) in [6, 6.07) is 5.31. The van der Waals surface area contributed by atoms with E-state index in [9.17, 15) is 9.59 Å². The summed E-state index contributed by atoms with van der Waals surface area (Å²) < 4.78 is 0.782. The lowest BCUT2D eigenvalue weighted by molar-refractivity contribution is -0.114. The van der Waals surface area contributed by atoms with E-state index in [1.807, 2.05) is 19.9 Å². The Labute approximate surface area is 123 Å². The molecule has 5 heteroatoms. The Kier molecular flexibility index (Phi) is 3.65. The third kappa shape index (κ3) is 2.26. The summed E-state index contributed by atoms with van der Waals surface area (Å²) in [5.74, 6) is -0.859. The molecule has 1 amide bonds. The average Bonchev–Trinajstić information content (AvgIpc) is 2.56. The van der Waals surface area contributed by atoms with Crippen molar-refractivity contribution in [2.45, 2.75) is 13.8 Å². The molecule has 0 fully saturated rings. The number of alkyl halides is 1. The Morgan fingerprint density at radius 2 is 1.94 bits per heavy atom. The van der Waals surface area contributed by atoms with Crippen molar-refractivity contribution in [3.8, 4) is 0 Å². The molecule has 0 saturated heterocycles. The van der Waals surface area contributed by atoms with Crippen molar-refractivity contribution in [2.24, 2.45) is 5.41 Å². The van der Waals surface area contributed by atoms with Gasteiger partial charge in [0.15, 0.2) is 0 Å². The Balaban J connectivity index is 2.46. The zero-order valence-electron chi connectivity index (χ0n) is 10.2. The quantitative estimate of drug-likeness (QED) is 0.600. The molecule has 96 valence electrons. The molecule has 0 N–H and O–H groups in total. The number of halogens is 2. The van der Waals surface area contributed by atoms with Gasteiger partial charge < -0.3 is 4.90 Å². The maximum absolute atomic E-state index is 12.0. The van der Waals surface area contributed by atoms with E-state index in [2.05, 4.69) is 31.9 Å². The summed E-state index contributed by atoms with van der Waals surface area (Å²) in [4.78, 5) is 25.5. The number of carbonyl (C=O) groups is 2. The number of hydrogen-bond acceptors (Lipinski definition) is 2. The minimum atomic E-state index is -0.439. The van der Waals surface area contributed by atoms with Crippen LogP contribution >= 0.6 is 31.9 Å². The van der Waals surface area contributed by atoms with Crippen LogP contribution in [0.25, 0.3) is 0 Å². The summed E-state index contributed by atoms with van der Waals surface area (Å²) in [7, 11) is 0. The first-order chi connectivity index (χ1) is 8.37. The van der Waals surface area contributed by atoms with Gasteiger partial charge >= 0.3 is 0 Å². The molecule has 0 unspecified atom stereocenters. The molecule has 2 rings (SSSR count). The van der Waals surface area contributed by atoms with Crippen molar-refractivity contribution >= 4 is 49.2 Å². The number of para-hydroxylation sites is 1. The second-order valence-electron chi connectivity index (χ2n) is 5.15. The molecule has 0 bridgehead atoms. The predicted molar refractivity (Wildman–Crippen MR) is 78.4 cm³/mol. The van der Waals surface area contributed by atoms with Crippen molar-refractivity contribution < 1.29 is 9.59 Å². The van der Waals surface area contributed by atoms with Crippen LogP contribution in [0.1, 0.15) is 24.2 Å². The topological polar surface area (TPSA) is 37.4 Å². The average molecular weight is 375 g/mol. The lowest BCUT2D eigenvalue weighted by Gasteiger charge is -2.28. The van der Waals surface area contributed by atoms with Crippen molar-refractivity contribution in [1.29, 1.82) is 0 Å². The van der Waals surface area contributed by atoms with Gasteiger partial charge in [0.05, 0.1) is 11.3 Å². The SMILES string of the molecule is CC(C)(CBr)CN1C(=O)C(=O)c2cccc(Br)c21. The Morgan fingerprint density at radius 3 is 2.56 bits per heavy atom. The lowest BCUT2D eigenvalue weighted by Crippen LogP contribution is -2.39. The maximum atomic E-state index is 12.0. The van der Waals surface area contributed by atoms with Gasteiger partial charge in [0.1, 0.15) is 0 Å². The molecule has 1 aliphatic rings.